The summed E-state index contributed by atoms with van der Waals surface area (Å²) in [6.07, 6.45) is 0. The lowest BCUT2D eigenvalue weighted by molar-refractivity contribution is 1.26. The van der Waals surface area contributed by atoms with Gasteiger partial charge in [0.2, 0.25) is 0 Å². The van der Waals surface area contributed by atoms with Crippen molar-refractivity contribution in [3.8, 4) is 0 Å². The largest absolute Gasteiger partial charge is 0.310 e. The normalized spacial score (nSPS) is 15.4. The van der Waals surface area contributed by atoms with Crippen LogP contribution in [0.25, 0.3) is 76.2 Å². The van der Waals surface area contributed by atoms with Crippen LogP contribution >= 0.6 is 0 Å². The standard InChI is InChI=1S/C56H38N4/c1-35-17-9-11-27-45(35)57(37-19-5-3-6-20-37)47-29-15-31-49-53(47)41-25-13-23-39-43-34-52-44(33-51(43)59(49)55(39)41)40-24-14-26-42-54-48(30-16-32-50(54)60(52)56(40)42)58(38-21-7-4-8-22-38)46-28-12-10-18-36(46)2/h3-34H,1-2H3/i13D,14D,15D,16D,23D,24D,25D,26D,29D,30D,31D,32D,33D,34D. The Morgan fingerprint density at radius 2 is 0.750 bits per heavy atom. The predicted octanol–water partition coefficient (Wildman–Crippen LogP) is 15.5. The van der Waals surface area contributed by atoms with Gasteiger partial charge in [0.1, 0.15) is 0 Å². The van der Waals surface area contributed by atoms with Gasteiger partial charge in [0, 0.05) is 65.8 Å². The van der Waals surface area contributed by atoms with E-state index in [2.05, 4.69) is 0 Å². The minimum absolute atomic E-state index is 0.00373. The van der Waals surface area contributed by atoms with E-state index in [0.29, 0.717) is 22.7 Å². The molecule has 0 N–H and O–H groups in total. The van der Waals surface area contributed by atoms with Crippen molar-refractivity contribution in [2.45, 2.75) is 13.8 Å². The van der Waals surface area contributed by atoms with Crippen LogP contribution in [0.3, 0.4) is 0 Å². The topological polar surface area (TPSA) is 15.3 Å². The van der Waals surface area contributed by atoms with Gasteiger partial charge in [-0.15, -0.1) is 0 Å². The molecule has 13 aromatic rings. The Morgan fingerprint density at radius 3 is 1.18 bits per heavy atom. The lowest BCUT2D eigenvalue weighted by Gasteiger charge is -2.28. The summed E-state index contributed by atoms with van der Waals surface area (Å²) >= 11 is 0. The quantitative estimate of drug-likeness (QED) is 0.167. The number of aryl methyl sites for hydroxylation is 2. The number of benzene rings is 9. The fourth-order valence-corrected chi connectivity index (χ4v) is 9.30. The number of anilines is 6. The monoisotopic (exact) mass is 780 g/mol. The van der Waals surface area contributed by atoms with Gasteiger partial charge in [-0.3, -0.25) is 0 Å². The van der Waals surface area contributed by atoms with Gasteiger partial charge in [-0.05, 0) is 97.6 Å². The van der Waals surface area contributed by atoms with Crippen molar-refractivity contribution in [2.75, 3.05) is 9.80 Å². The molecule has 0 saturated heterocycles. The maximum Gasteiger partial charge on any atom is 0.0653 e. The van der Waals surface area contributed by atoms with E-state index in [0.717, 1.165) is 11.1 Å². The zero-order valence-corrected chi connectivity index (χ0v) is 32.2. The van der Waals surface area contributed by atoms with Crippen LogP contribution in [0.1, 0.15) is 30.3 Å². The first-order valence-electron chi connectivity index (χ1n) is 26.7. The molecule has 4 heterocycles. The lowest BCUT2D eigenvalue weighted by Crippen LogP contribution is -2.11. The van der Waals surface area contributed by atoms with Gasteiger partial charge in [-0.2, -0.15) is 0 Å². The number of aromatic nitrogens is 2. The molecule has 60 heavy (non-hydrogen) atoms. The zero-order chi connectivity index (χ0) is 51.8. The Hall–Kier alpha value is -7.82. The fourth-order valence-electron chi connectivity index (χ4n) is 9.30. The second-order valence-corrected chi connectivity index (χ2v) is 15.1. The van der Waals surface area contributed by atoms with Crippen LogP contribution in [0.4, 0.5) is 34.1 Å². The highest BCUT2D eigenvalue weighted by atomic mass is 15.2. The average Bonchev–Trinajstić information content (AvgIpc) is 4.22. The molecular weight excluding hydrogens is 729 g/mol. The maximum atomic E-state index is 10.4. The van der Waals surface area contributed by atoms with Gasteiger partial charge < -0.3 is 18.6 Å². The third-order valence-electron chi connectivity index (χ3n) is 11.9. The van der Waals surface area contributed by atoms with Crippen molar-refractivity contribution in [3.05, 3.63) is 205 Å². The molecule has 0 aliphatic heterocycles. The van der Waals surface area contributed by atoms with Crippen LogP contribution in [0, 0.1) is 13.8 Å². The van der Waals surface area contributed by atoms with E-state index in [1.807, 2.05) is 123 Å². The van der Waals surface area contributed by atoms with Gasteiger partial charge in [-0.25, -0.2) is 0 Å². The molecule has 0 unspecified atom stereocenters. The van der Waals surface area contributed by atoms with Crippen molar-refractivity contribution in [3.63, 3.8) is 0 Å². The lowest BCUT2D eigenvalue weighted by atomic mass is 10.0. The molecule has 4 aromatic heterocycles. The Morgan fingerprint density at radius 1 is 0.367 bits per heavy atom. The molecule has 4 nitrogen and oxygen atoms in total. The van der Waals surface area contributed by atoms with E-state index >= 15 is 0 Å². The van der Waals surface area contributed by atoms with Crippen LogP contribution in [0.2, 0.25) is 0 Å². The van der Waals surface area contributed by atoms with Crippen LogP contribution in [0.5, 0.6) is 0 Å². The third kappa shape index (κ3) is 4.39. The summed E-state index contributed by atoms with van der Waals surface area (Å²) in [5.74, 6) is 0. The van der Waals surface area contributed by atoms with Crippen molar-refractivity contribution in [1.82, 2.24) is 8.80 Å². The average molecular weight is 781 g/mol. The molecule has 0 spiro atoms. The van der Waals surface area contributed by atoms with E-state index in [4.69, 9.17) is 0 Å². The molecule has 0 fully saturated rings. The van der Waals surface area contributed by atoms with Crippen LogP contribution < -0.4 is 9.80 Å². The summed E-state index contributed by atoms with van der Waals surface area (Å²) in [4.78, 5) is 3.57. The van der Waals surface area contributed by atoms with Gasteiger partial charge in [0.15, 0.2) is 0 Å². The number of nitrogens with zero attached hydrogens (tertiary/aromatic N) is 4. The van der Waals surface area contributed by atoms with E-state index in [1.54, 1.807) is 9.80 Å². The van der Waals surface area contributed by atoms with E-state index in [-0.39, 0.29) is 112 Å². The van der Waals surface area contributed by atoms with Crippen LogP contribution in [0.15, 0.2) is 194 Å². The van der Waals surface area contributed by atoms with Gasteiger partial charge in [-0.1, -0.05) is 121 Å². The molecule has 9 aromatic carbocycles. The second-order valence-electron chi connectivity index (χ2n) is 15.1. The predicted molar refractivity (Wildman–Crippen MR) is 255 cm³/mol. The van der Waals surface area contributed by atoms with E-state index in [9.17, 15) is 19.2 Å². The minimum atomic E-state index is -0.521. The molecule has 0 bridgehead atoms. The molecule has 0 atom stereocenters. The Kier molecular flexibility index (Phi) is 4.60. The summed E-state index contributed by atoms with van der Waals surface area (Å²) in [7, 11) is 0. The second kappa shape index (κ2) is 12.3. The van der Waals surface area contributed by atoms with Crippen molar-refractivity contribution in [2.24, 2.45) is 0 Å². The highest BCUT2D eigenvalue weighted by Gasteiger charge is 2.27. The summed E-state index contributed by atoms with van der Waals surface area (Å²) in [5, 5.41) is 0.375. The van der Waals surface area contributed by atoms with Crippen LogP contribution in [-0.4, -0.2) is 8.80 Å². The first kappa shape index (κ1) is 22.4. The molecule has 13 rings (SSSR count). The Balaban J connectivity index is 1.28. The summed E-state index contributed by atoms with van der Waals surface area (Å²) in [5.41, 5.74) is 4.46. The molecular formula is C56H38N4. The SMILES string of the molecule is [2H]c1c([2H])c([2H])c2c(c1N(c1ccccc1)c1ccccc1C)c1c([2H])c([2H])c([2H])c3c4c([2H])c5c(c([2H])c4n2c13)c1c([2H])c([2H])c([2H])c2c3c(N(c4ccccc4)c4ccccc4C)c([2H])c([2H])c([2H])c3n5c21. The highest BCUT2D eigenvalue weighted by Crippen LogP contribution is 2.50. The number of fused-ring (bicyclic) bond motifs is 12. The molecule has 0 aliphatic carbocycles. The molecule has 0 amide bonds. The summed E-state index contributed by atoms with van der Waals surface area (Å²) in [6, 6.07) is 27.4. The first-order chi connectivity index (χ1) is 35.5. The molecule has 0 saturated carbocycles. The molecule has 4 heteroatoms. The maximum absolute atomic E-state index is 10.4. The Labute approximate surface area is 366 Å². The van der Waals surface area contributed by atoms with Gasteiger partial charge >= 0.3 is 0 Å². The molecule has 282 valence electrons. The minimum Gasteiger partial charge on any atom is -0.310 e. The fraction of sp³-hybridized carbons (Fsp3) is 0.0357. The number of hydrogen-bond donors (Lipinski definition) is 0. The van der Waals surface area contributed by atoms with Crippen molar-refractivity contribution in [1.29, 1.82) is 0 Å². The summed E-state index contributed by atoms with van der Waals surface area (Å²) in [6.45, 7) is 3.80. The van der Waals surface area contributed by atoms with Crippen molar-refractivity contribution >= 4 is 110 Å². The van der Waals surface area contributed by atoms with E-state index < -0.39 is 60.4 Å². The molecule has 0 radical (unpaired) electrons. The summed E-state index contributed by atoms with van der Waals surface area (Å²) < 4.78 is 138. The highest BCUT2D eigenvalue weighted by molar-refractivity contribution is 6.31. The number of para-hydroxylation sites is 6. The number of rotatable bonds is 6. The van der Waals surface area contributed by atoms with Gasteiger partial charge in [0.25, 0.3) is 0 Å². The zero-order valence-electron chi connectivity index (χ0n) is 46.2. The number of hydrogen-bond acceptors (Lipinski definition) is 2. The smallest absolute Gasteiger partial charge is 0.0653 e. The first-order valence-corrected chi connectivity index (χ1v) is 19.7. The molecule has 0 aliphatic rings. The van der Waals surface area contributed by atoms with E-state index in [1.165, 1.54) is 8.80 Å². The third-order valence-corrected chi connectivity index (χ3v) is 11.9. The van der Waals surface area contributed by atoms with Crippen molar-refractivity contribution < 1.29 is 19.2 Å². The Bertz CT molecular complexity index is 4340. The van der Waals surface area contributed by atoms with Crippen LogP contribution in [-0.2, 0) is 0 Å². The van der Waals surface area contributed by atoms with Gasteiger partial charge in [0.05, 0.1) is 63.7 Å².